The molecule has 0 saturated carbocycles. The summed E-state index contributed by atoms with van der Waals surface area (Å²) in [4.78, 5) is 5.00. The van der Waals surface area contributed by atoms with Crippen LogP contribution in [0.3, 0.4) is 0 Å². The lowest BCUT2D eigenvalue weighted by atomic mass is 10.1. The fraction of sp³-hybridized carbons (Fsp3) is 0.609. The molecule has 1 aliphatic rings. The zero-order chi connectivity index (χ0) is 20.6. The molecule has 0 aliphatic carbocycles. The molecular weight excluding hydrogens is 364 g/mol. The molecule has 2 aromatic rings. The molecule has 1 unspecified atom stereocenters. The standard InChI is InChI=1S/C23H36N4O2/c1-4-11-27-19(3)21(15-24-27)16-25-12-13-26(22(18-25)10-14-28)17-20-8-6-7-9-23(20)29-5-2/h6-9,15,22,28H,4-5,10-14,16-18H2,1-3H3. The van der Waals surface area contributed by atoms with Crippen molar-refractivity contribution in [2.45, 2.75) is 59.3 Å². The monoisotopic (exact) mass is 400 g/mol. The second-order valence-corrected chi connectivity index (χ2v) is 7.89. The normalized spacial score (nSPS) is 18.3. The number of aliphatic hydroxyl groups excluding tert-OH is 1. The highest BCUT2D eigenvalue weighted by Gasteiger charge is 2.28. The van der Waals surface area contributed by atoms with E-state index in [9.17, 15) is 5.11 Å². The first kappa shape index (κ1) is 21.8. The molecule has 1 aliphatic heterocycles. The van der Waals surface area contributed by atoms with Crippen LogP contribution in [-0.4, -0.2) is 63.6 Å². The predicted octanol–water partition coefficient (Wildman–Crippen LogP) is 3.07. The molecule has 0 bridgehead atoms. The van der Waals surface area contributed by atoms with Crippen LogP contribution >= 0.6 is 0 Å². The third-order valence-corrected chi connectivity index (χ3v) is 5.83. The molecule has 1 fully saturated rings. The summed E-state index contributed by atoms with van der Waals surface area (Å²) in [6.45, 7) is 13.0. The number of benzene rings is 1. The number of nitrogens with zero attached hydrogens (tertiary/aromatic N) is 4. The number of aliphatic hydroxyl groups is 1. The fourth-order valence-electron chi connectivity index (χ4n) is 4.20. The number of hydrogen-bond donors (Lipinski definition) is 1. The van der Waals surface area contributed by atoms with E-state index in [1.807, 2.05) is 25.3 Å². The molecule has 1 atom stereocenters. The molecule has 3 rings (SSSR count). The van der Waals surface area contributed by atoms with Gasteiger partial charge in [0.2, 0.25) is 0 Å². The van der Waals surface area contributed by atoms with Crippen molar-refractivity contribution in [2.75, 3.05) is 32.8 Å². The van der Waals surface area contributed by atoms with Gasteiger partial charge in [-0.2, -0.15) is 5.10 Å². The van der Waals surface area contributed by atoms with Gasteiger partial charge in [-0.05, 0) is 32.8 Å². The van der Waals surface area contributed by atoms with Crippen molar-refractivity contribution in [3.05, 3.63) is 47.3 Å². The van der Waals surface area contributed by atoms with Crippen molar-refractivity contribution in [1.29, 1.82) is 0 Å². The number of para-hydroxylation sites is 1. The van der Waals surface area contributed by atoms with Gasteiger partial charge in [0.05, 0.1) is 12.8 Å². The largest absolute Gasteiger partial charge is 0.494 e. The summed E-state index contributed by atoms with van der Waals surface area (Å²) in [6, 6.07) is 8.64. The summed E-state index contributed by atoms with van der Waals surface area (Å²) in [5.74, 6) is 0.971. The van der Waals surface area contributed by atoms with Gasteiger partial charge >= 0.3 is 0 Å². The number of aryl methyl sites for hydroxylation is 1. The zero-order valence-electron chi connectivity index (χ0n) is 18.2. The average Bonchev–Trinajstić information content (AvgIpc) is 3.06. The third-order valence-electron chi connectivity index (χ3n) is 5.83. The second kappa shape index (κ2) is 10.8. The molecule has 1 aromatic heterocycles. The van der Waals surface area contributed by atoms with Crippen LogP contribution < -0.4 is 4.74 Å². The summed E-state index contributed by atoms with van der Waals surface area (Å²) < 4.78 is 7.93. The van der Waals surface area contributed by atoms with Gasteiger partial charge in [0.25, 0.3) is 0 Å². The van der Waals surface area contributed by atoms with E-state index >= 15 is 0 Å². The van der Waals surface area contributed by atoms with E-state index in [-0.39, 0.29) is 6.61 Å². The number of ether oxygens (including phenoxy) is 1. The minimum atomic E-state index is 0.218. The van der Waals surface area contributed by atoms with Crippen molar-refractivity contribution in [3.63, 3.8) is 0 Å². The van der Waals surface area contributed by atoms with Crippen molar-refractivity contribution >= 4 is 0 Å². The van der Waals surface area contributed by atoms with E-state index in [1.54, 1.807) is 0 Å². The van der Waals surface area contributed by atoms with Crippen molar-refractivity contribution in [3.8, 4) is 5.75 Å². The van der Waals surface area contributed by atoms with Crippen LogP contribution in [0.5, 0.6) is 5.75 Å². The van der Waals surface area contributed by atoms with Gasteiger partial charge in [0.15, 0.2) is 0 Å². The number of aromatic nitrogens is 2. The Morgan fingerprint density at radius 2 is 1.97 bits per heavy atom. The lowest BCUT2D eigenvalue weighted by molar-refractivity contribution is 0.0493. The number of piperazine rings is 1. The van der Waals surface area contributed by atoms with Gasteiger partial charge in [-0.1, -0.05) is 25.1 Å². The Labute approximate surface area is 175 Å². The van der Waals surface area contributed by atoms with Gasteiger partial charge in [0.1, 0.15) is 5.75 Å². The van der Waals surface area contributed by atoms with Crippen molar-refractivity contribution in [1.82, 2.24) is 19.6 Å². The first-order chi connectivity index (χ1) is 14.2. The highest BCUT2D eigenvalue weighted by Crippen LogP contribution is 2.24. The first-order valence-corrected chi connectivity index (χ1v) is 11.0. The Bertz CT molecular complexity index is 761. The molecular formula is C23H36N4O2. The van der Waals surface area contributed by atoms with Gasteiger partial charge in [0, 0.05) is 68.7 Å². The van der Waals surface area contributed by atoms with E-state index in [0.29, 0.717) is 12.6 Å². The minimum absolute atomic E-state index is 0.218. The molecule has 0 amide bonds. The highest BCUT2D eigenvalue weighted by atomic mass is 16.5. The maximum Gasteiger partial charge on any atom is 0.123 e. The van der Waals surface area contributed by atoms with Crippen molar-refractivity contribution in [2.24, 2.45) is 0 Å². The number of hydrogen-bond acceptors (Lipinski definition) is 5. The summed E-state index contributed by atoms with van der Waals surface area (Å²) in [7, 11) is 0. The summed E-state index contributed by atoms with van der Waals surface area (Å²) in [5.41, 5.74) is 3.82. The van der Waals surface area contributed by atoms with E-state index in [0.717, 1.165) is 57.9 Å². The molecule has 0 spiro atoms. The Balaban J connectivity index is 1.65. The summed E-state index contributed by atoms with van der Waals surface area (Å²) >= 11 is 0. The number of rotatable bonds is 10. The molecule has 29 heavy (non-hydrogen) atoms. The van der Waals surface area contributed by atoms with Gasteiger partial charge in [-0.25, -0.2) is 0 Å². The fourth-order valence-corrected chi connectivity index (χ4v) is 4.20. The highest BCUT2D eigenvalue weighted by molar-refractivity contribution is 5.33. The predicted molar refractivity (Wildman–Crippen MR) is 116 cm³/mol. The summed E-state index contributed by atoms with van der Waals surface area (Å²) in [5, 5.41) is 14.2. The van der Waals surface area contributed by atoms with Crippen molar-refractivity contribution < 1.29 is 9.84 Å². The van der Waals surface area contributed by atoms with Crippen LogP contribution in [-0.2, 0) is 19.6 Å². The average molecular weight is 401 g/mol. The van der Waals surface area contributed by atoms with Crippen LogP contribution in [0, 0.1) is 6.92 Å². The molecule has 0 radical (unpaired) electrons. The van der Waals surface area contributed by atoms with E-state index < -0.39 is 0 Å². The lowest BCUT2D eigenvalue weighted by Gasteiger charge is -2.41. The summed E-state index contributed by atoms with van der Waals surface area (Å²) in [6.07, 6.45) is 3.92. The molecule has 1 saturated heterocycles. The quantitative estimate of drug-likeness (QED) is 0.664. The molecule has 2 heterocycles. The second-order valence-electron chi connectivity index (χ2n) is 7.89. The Kier molecular flexibility index (Phi) is 8.09. The van der Waals surface area contributed by atoms with Crippen LogP contribution in [0.4, 0.5) is 0 Å². The van der Waals surface area contributed by atoms with Crippen LogP contribution in [0.15, 0.2) is 30.5 Å². The maximum absolute atomic E-state index is 9.64. The molecule has 6 nitrogen and oxygen atoms in total. The van der Waals surface area contributed by atoms with E-state index in [2.05, 4.69) is 45.6 Å². The molecule has 1 N–H and O–H groups in total. The third kappa shape index (κ3) is 5.59. The Morgan fingerprint density at radius 3 is 2.72 bits per heavy atom. The topological polar surface area (TPSA) is 53.8 Å². The smallest absolute Gasteiger partial charge is 0.123 e. The minimum Gasteiger partial charge on any atom is -0.494 e. The van der Waals surface area contributed by atoms with Gasteiger partial charge in [-0.3, -0.25) is 14.5 Å². The molecule has 160 valence electrons. The first-order valence-electron chi connectivity index (χ1n) is 11.0. The Hall–Kier alpha value is -1.89. The lowest BCUT2D eigenvalue weighted by Crippen LogP contribution is -2.52. The SMILES string of the molecule is CCCn1ncc(CN2CCN(Cc3ccccc3OCC)C(CCO)C2)c1C. The maximum atomic E-state index is 9.64. The molecule has 1 aromatic carbocycles. The molecule has 6 heteroatoms. The van der Waals surface area contributed by atoms with Gasteiger partial charge < -0.3 is 9.84 Å². The van der Waals surface area contributed by atoms with Crippen LogP contribution in [0.2, 0.25) is 0 Å². The van der Waals surface area contributed by atoms with Crippen LogP contribution in [0.1, 0.15) is 43.5 Å². The van der Waals surface area contributed by atoms with Crippen LogP contribution in [0.25, 0.3) is 0 Å². The Morgan fingerprint density at radius 1 is 1.14 bits per heavy atom. The van der Waals surface area contributed by atoms with E-state index in [1.165, 1.54) is 16.8 Å². The van der Waals surface area contributed by atoms with E-state index in [4.69, 9.17) is 4.74 Å². The van der Waals surface area contributed by atoms with Gasteiger partial charge in [-0.15, -0.1) is 0 Å². The zero-order valence-corrected chi connectivity index (χ0v) is 18.2.